The molecule has 1 aromatic rings. The van der Waals surface area contributed by atoms with Crippen molar-refractivity contribution in [3.63, 3.8) is 0 Å². The first kappa shape index (κ1) is 11.3. The molecular weight excluding hydrogens is 250 g/mol. The SMILES string of the molecule is c1cc2c(s1)C(C1C3CC4CC(C3)CC1C4)NCC2. The maximum Gasteiger partial charge on any atom is 0.0451 e. The number of thiophene rings is 1. The van der Waals surface area contributed by atoms with Gasteiger partial charge in [-0.2, -0.15) is 0 Å². The lowest BCUT2D eigenvalue weighted by atomic mass is 9.50. The molecule has 2 heterocycles. The van der Waals surface area contributed by atoms with Gasteiger partial charge in [-0.3, -0.25) is 0 Å². The summed E-state index contributed by atoms with van der Waals surface area (Å²) < 4.78 is 0. The maximum absolute atomic E-state index is 3.90. The van der Waals surface area contributed by atoms with Crippen molar-refractivity contribution in [3.05, 3.63) is 21.9 Å². The van der Waals surface area contributed by atoms with Gasteiger partial charge in [0.25, 0.3) is 0 Å². The molecule has 1 nitrogen and oxygen atoms in total. The highest BCUT2D eigenvalue weighted by atomic mass is 32.1. The molecule has 0 radical (unpaired) electrons. The second-order valence-corrected chi connectivity index (χ2v) is 8.45. The Morgan fingerprint density at radius 2 is 1.74 bits per heavy atom. The van der Waals surface area contributed by atoms with Crippen LogP contribution in [0.3, 0.4) is 0 Å². The van der Waals surface area contributed by atoms with Gasteiger partial charge in [0.1, 0.15) is 0 Å². The van der Waals surface area contributed by atoms with Crippen molar-refractivity contribution in [2.45, 2.75) is 44.6 Å². The fourth-order valence-electron chi connectivity index (χ4n) is 6.10. The zero-order valence-corrected chi connectivity index (χ0v) is 12.3. The van der Waals surface area contributed by atoms with E-state index in [0.29, 0.717) is 6.04 Å². The summed E-state index contributed by atoms with van der Waals surface area (Å²) in [6.07, 6.45) is 9.03. The average molecular weight is 273 g/mol. The van der Waals surface area contributed by atoms with Crippen molar-refractivity contribution in [2.24, 2.45) is 29.6 Å². The van der Waals surface area contributed by atoms with Crippen LogP contribution in [-0.4, -0.2) is 6.54 Å². The maximum atomic E-state index is 3.90. The summed E-state index contributed by atoms with van der Waals surface area (Å²) in [5.74, 6) is 5.25. The summed E-state index contributed by atoms with van der Waals surface area (Å²) in [6, 6.07) is 3.09. The first-order valence-electron chi connectivity index (χ1n) is 8.18. The minimum Gasteiger partial charge on any atom is -0.309 e. The third kappa shape index (κ3) is 1.62. The summed E-state index contributed by atoms with van der Waals surface area (Å²) in [4.78, 5) is 1.70. The van der Waals surface area contributed by atoms with Crippen molar-refractivity contribution in [1.82, 2.24) is 5.32 Å². The zero-order chi connectivity index (χ0) is 12.4. The molecular formula is C17H23NS. The smallest absolute Gasteiger partial charge is 0.0451 e. The summed E-state index contributed by atoms with van der Waals surface area (Å²) in [6.45, 7) is 1.21. The fourth-order valence-corrected chi connectivity index (χ4v) is 7.19. The molecule has 4 aliphatic carbocycles. The number of nitrogens with one attached hydrogen (secondary N) is 1. The van der Waals surface area contributed by atoms with Gasteiger partial charge >= 0.3 is 0 Å². The zero-order valence-electron chi connectivity index (χ0n) is 11.5. The van der Waals surface area contributed by atoms with E-state index in [2.05, 4.69) is 16.8 Å². The van der Waals surface area contributed by atoms with Gasteiger partial charge in [-0.1, -0.05) is 0 Å². The van der Waals surface area contributed by atoms with Gasteiger partial charge in [0.2, 0.25) is 0 Å². The van der Waals surface area contributed by atoms with E-state index in [0.717, 1.165) is 29.6 Å². The quantitative estimate of drug-likeness (QED) is 0.815. The number of hydrogen-bond donors (Lipinski definition) is 1. The molecule has 2 heteroatoms. The third-order valence-corrected chi connectivity index (χ3v) is 7.55. The number of fused-ring (bicyclic) bond motifs is 1. The van der Waals surface area contributed by atoms with Crippen LogP contribution in [0.15, 0.2) is 11.4 Å². The molecule has 102 valence electrons. The lowest BCUT2D eigenvalue weighted by Gasteiger charge is -2.56. The molecule has 1 atom stereocenters. The fraction of sp³-hybridized carbons (Fsp3) is 0.765. The largest absolute Gasteiger partial charge is 0.309 e. The van der Waals surface area contributed by atoms with Crippen LogP contribution in [0.4, 0.5) is 0 Å². The van der Waals surface area contributed by atoms with Crippen LogP contribution in [0.1, 0.15) is 48.6 Å². The summed E-state index contributed by atoms with van der Waals surface area (Å²) in [5, 5.41) is 6.22. The van der Waals surface area contributed by atoms with Gasteiger partial charge in [-0.15, -0.1) is 11.3 Å². The second-order valence-electron chi connectivity index (χ2n) is 7.50. The van der Waals surface area contributed by atoms with E-state index in [1.165, 1.54) is 13.0 Å². The van der Waals surface area contributed by atoms with E-state index in [9.17, 15) is 0 Å². The molecule has 1 aliphatic heterocycles. The van der Waals surface area contributed by atoms with Gasteiger partial charge in [-0.25, -0.2) is 0 Å². The molecule has 0 saturated heterocycles. The Bertz CT molecular complexity index is 463. The molecule has 4 saturated carbocycles. The lowest BCUT2D eigenvalue weighted by Crippen LogP contribution is -2.50. The van der Waals surface area contributed by atoms with Crippen LogP contribution in [0.5, 0.6) is 0 Å². The molecule has 6 rings (SSSR count). The Hall–Kier alpha value is -0.340. The third-order valence-electron chi connectivity index (χ3n) is 6.51. The highest BCUT2D eigenvalue weighted by Gasteiger charge is 2.51. The van der Waals surface area contributed by atoms with E-state index in [1.807, 2.05) is 11.3 Å². The second kappa shape index (κ2) is 4.08. The van der Waals surface area contributed by atoms with Crippen molar-refractivity contribution in [3.8, 4) is 0 Å². The number of rotatable bonds is 1. The monoisotopic (exact) mass is 273 g/mol. The molecule has 1 N–H and O–H groups in total. The van der Waals surface area contributed by atoms with Crippen LogP contribution < -0.4 is 5.32 Å². The van der Waals surface area contributed by atoms with Crippen molar-refractivity contribution in [1.29, 1.82) is 0 Å². The van der Waals surface area contributed by atoms with E-state index in [4.69, 9.17) is 0 Å². The lowest BCUT2D eigenvalue weighted by molar-refractivity contribution is -0.0527. The van der Waals surface area contributed by atoms with Crippen LogP contribution in [0.2, 0.25) is 0 Å². The van der Waals surface area contributed by atoms with E-state index in [-0.39, 0.29) is 0 Å². The van der Waals surface area contributed by atoms with Crippen LogP contribution in [-0.2, 0) is 6.42 Å². The molecule has 0 aromatic carbocycles. The summed E-state index contributed by atoms with van der Waals surface area (Å²) >= 11 is 2.02. The van der Waals surface area contributed by atoms with Gasteiger partial charge < -0.3 is 5.32 Å². The molecule has 0 amide bonds. The molecule has 1 unspecified atom stereocenters. The predicted molar refractivity (Wildman–Crippen MR) is 79.3 cm³/mol. The minimum atomic E-state index is 0.707. The van der Waals surface area contributed by atoms with Crippen LogP contribution in [0, 0.1) is 29.6 Å². The van der Waals surface area contributed by atoms with Crippen molar-refractivity contribution < 1.29 is 0 Å². The molecule has 4 bridgehead atoms. The summed E-state index contributed by atoms with van der Waals surface area (Å²) in [7, 11) is 0. The Balaban J connectivity index is 1.51. The first-order valence-corrected chi connectivity index (χ1v) is 9.06. The molecule has 4 fully saturated rings. The molecule has 0 spiro atoms. The Morgan fingerprint density at radius 1 is 1.00 bits per heavy atom. The van der Waals surface area contributed by atoms with Gasteiger partial charge in [0.05, 0.1) is 0 Å². The van der Waals surface area contributed by atoms with Crippen LogP contribution >= 0.6 is 11.3 Å². The standard InChI is InChI=1S/C17H23NS/c1-3-18-16(17-12(1)2-4-19-17)15-13-6-10-5-11(8-13)9-14(15)7-10/h2,4,10-11,13-16,18H,1,3,5-9H2. The van der Waals surface area contributed by atoms with E-state index in [1.54, 1.807) is 42.5 Å². The highest BCUT2D eigenvalue weighted by molar-refractivity contribution is 7.10. The Kier molecular flexibility index (Phi) is 2.43. The van der Waals surface area contributed by atoms with Crippen LogP contribution in [0.25, 0.3) is 0 Å². The van der Waals surface area contributed by atoms with Gasteiger partial charge in [0.15, 0.2) is 0 Å². The normalized spacial score (nSPS) is 47.4. The Labute approximate surface area is 119 Å². The topological polar surface area (TPSA) is 12.0 Å². The predicted octanol–water partition coefficient (Wildman–Crippen LogP) is 4.01. The van der Waals surface area contributed by atoms with Gasteiger partial charge in [-0.05, 0) is 91.7 Å². The number of hydrogen-bond acceptors (Lipinski definition) is 2. The summed E-state index contributed by atoms with van der Waals surface area (Å²) in [5.41, 5.74) is 1.66. The van der Waals surface area contributed by atoms with E-state index >= 15 is 0 Å². The van der Waals surface area contributed by atoms with Crippen molar-refractivity contribution in [2.75, 3.05) is 6.54 Å². The van der Waals surface area contributed by atoms with Crippen molar-refractivity contribution >= 4 is 11.3 Å². The molecule has 1 aromatic heterocycles. The first-order chi connectivity index (χ1) is 9.38. The minimum absolute atomic E-state index is 0.707. The van der Waals surface area contributed by atoms with E-state index < -0.39 is 0 Å². The molecule has 5 aliphatic rings. The van der Waals surface area contributed by atoms with Gasteiger partial charge in [0, 0.05) is 10.9 Å². The average Bonchev–Trinajstić information content (AvgIpc) is 2.86. The highest BCUT2D eigenvalue weighted by Crippen LogP contribution is 2.60. The Morgan fingerprint density at radius 3 is 2.47 bits per heavy atom. The molecule has 19 heavy (non-hydrogen) atoms.